The Morgan fingerprint density at radius 3 is 3.05 bits per heavy atom. The monoisotopic (exact) mass is 282 g/mol. The quantitative estimate of drug-likeness (QED) is 0.799. The van der Waals surface area contributed by atoms with Crippen LogP contribution in [0.15, 0.2) is 6.33 Å². The van der Waals surface area contributed by atoms with Gasteiger partial charge in [-0.2, -0.15) is 0 Å². The third kappa shape index (κ3) is 3.43. The highest BCUT2D eigenvalue weighted by Crippen LogP contribution is 2.22. The van der Waals surface area contributed by atoms with Gasteiger partial charge in [0.25, 0.3) is 0 Å². The molecule has 1 aromatic heterocycles. The van der Waals surface area contributed by atoms with Crippen LogP contribution in [0, 0.1) is 5.82 Å². The van der Waals surface area contributed by atoms with E-state index in [2.05, 4.69) is 22.2 Å². The molecule has 0 bridgehead atoms. The molecule has 0 spiro atoms. The number of nitrogens with zero attached hydrogens (tertiary/aromatic N) is 3. The Kier molecular flexibility index (Phi) is 5.67. The number of morpholine rings is 1. The summed E-state index contributed by atoms with van der Waals surface area (Å²) in [4.78, 5) is 10.1. The highest BCUT2D eigenvalue weighted by Gasteiger charge is 2.27. The lowest BCUT2D eigenvalue weighted by atomic mass is 10.2. The minimum absolute atomic E-state index is 0.115. The predicted molar refractivity (Wildman–Crippen MR) is 76.5 cm³/mol. The van der Waals surface area contributed by atoms with Crippen molar-refractivity contribution in [3.8, 4) is 0 Å². The molecular weight excluding hydrogens is 259 g/mol. The van der Waals surface area contributed by atoms with Gasteiger partial charge in [0.2, 0.25) is 0 Å². The number of rotatable bonds is 6. The molecule has 1 N–H and O–H groups in total. The molecule has 0 aliphatic carbocycles. The maximum atomic E-state index is 14.4. The van der Waals surface area contributed by atoms with Crippen LogP contribution in [0.2, 0.25) is 0 Å². The highest BCUT2D eigenvalue weighted by atomic mass is 19.1. The van der Waals surface area contributed by atoms with E-state index in [1.165, 1.54) is 6.33 Å². The fourth-order valence-electron chi connectivity index (χ4n) is 2.39. The van der Waals surface area contributed by atoms with Gasteiger partial charge in [0.05, 0.1) is 24.9 Å². The standard InChI is InChI=1S/C14H23FN4O/c1-3-5-16-8-11-9-20-7-6-19(11)14-13(15)12(4-2)17-10-18-14/h10-11,16H,3-9H2,1-2H3. The van der Waals surface area contributed by atoms with Gasteiger partial charge >= 0.3 is 0 Å². The van der Waals surface area contributed by atoms with E-state index in [0.29, 0.717) is 37.7 Å². The average Bonchev–Trinajstić information content (AvgIpc) is 2.48. The van der Waals surface area contributed by atoms with Crippen LogP contribution in [0.25, 0.3) is 0 Å². The summed E-state index contributed by atoms with van der Waals surface area (Å²) in [5, 5.41) is 3.37. The minimum atomic E-state index is -0.294. The minimum Gasteiger partial charge on any atom is -0.377 e. The van der Waals surface area contributed by atoms with Crippen molar-refractivity contribution in [3.05, 3.63) is 17.8 Å². The van der Waals surface area contributed by atoms with Gasteiger partial charge in [-0.3, -0.25) is 0 Å². The molecular formula is C14H23FN4O. The van der Waals surface area contributed by atoms with Gasteiger partial charge in [-0.05, 0) is 19.4 Å². The number of anilines is 1. The van der Waals surface area contributed by atoms with Gasteiger partial charge < -0.3 is 15.0 Å². The molecule has 1 saturated heterocycles. The topological polar surface area (TPSA) is 50.3 Å². The molecule has 112 valence electrons. The van der Waals surface area contributed by atoms with E-state index in [1.807, 2.05) is 11.8 Å². The van der Waals surface area contributed by atoms with E-state index >= 15 is 0 Å². The lowest BCUT2D eigenvalue weighted by molar-refractivity contribution is 0.0929. The first kappa shape index (κ1) is 15.1. The van der Waals surface area contributed by atoms with Crippen molar-refractivity contribution in [2.75, 3.05) is 37.7 Å². The second kappa shape index (κ2) is 7.50. The molecule has 0 amide bonds. The summed E-state index contributed by atoms with van der Waals surface area (Å²) >= 11 is 0. The first-order valence-corrected chi connectivity index (χ1v) is 7.32. The summed E-state index contributed by atoms with van der Waals surface area (Å²) in [5.74, 6) is 0.112. The number of hydrogen-bond acceptors (Lipinski definition) is 5. The van der Waals surface area contributed by atoms with Crippen LogP contribution in [0.3, 0.4) is 0 Å². The average molecular weight is 282 g/mol. The Labute approximate surface area is 119 Å². The Morgan fingerprint density at radius 1 is 1.45 bits per heavy atom. The molecule has 5 nitrogen and oxygen atoms in total. The van der Waals surface area contributed by atoms with E-state index in [0.717, 1.165) is 19.5 Å². The van der Waals surface area contributed by atoms with Gasteiger partial charge in [0.15, 0.2) is 11.6 Å². The van der Waals surface area contributed by atoms with Crippen molar-refractivity contribution in [2.45, 2.75) is 32.7 Å². The fraction of sp³-hybridized carbons (Fsp3) is 0.714. The van der Waals surface area contributed by atoms with Crippen molar-refractivity contribution in [3.63, 3.8) is 0 Å². The number of hydrogen-bond donors (Lipinski definition) is 1. The molecule has 1 aromatic rings. The molecule has 0 radical (unpaired) electrons. The lowest BCUT2D eigenvalue weighted by Gasteiger charge is -2.36. The van der Waals surface area contributed by atoms with Crippen LogP contribution in [0.4, 0.5) is 10.2 Å². The van der Waals surface area contributed by atoms with Crippen LogP contribution in [-0.4, -0.2) is 48.9 Å². The summed E-state index contributed by atoms with van der Waals surface area (Å²) in [5.41, 5.74) is 0.474. The van der Waals surface area contributed by atoms with Crippen molar-refractivity contribution in [1.82, 2.24) is 15.3 Å². The molecule has 6 heteroatoms. The number of nitrogens with one attached hydrogen (secondary N) is 1. The first-order valence-electron chi connectivity index (χ1n) is 7.32. The normalized spacial score (nSPS) is 19.4. The van der Waals surface area contributed by atoms with Crippen LogP contribution in [0.1, 0.15) is 26.0 Å². The smallest absolute Gasteiger partial charge is 0.187 e. The summed E-state index contributed by atoms with van der Waals surface area (Å²) in [6, 6.07) is 0.115. The molecule has 1 aliphatic rings. The number of halogens is 1. The zero-order valence-electron chi connectivity index (χ0n) is 12.2. The fourth-order valence-corrected chi connectivity index (χ4v) is 2.39. The molecule has 2 heterocycles. The van der Waals surface area contributed by atoms with Gasteiger partial charge in [0, 0.05) is 13.1 Å². The van der Waals surface area contributed by atoms with Crippen LogP contribution in [-0.2, 0) is 11.2 Å². The molecule has 1 aliphatic heterocycles. The zero-order valence-corrected chi connectivity index (χ0v) is 12.2. The van der Waals surface area contributed by atoms with E-state index in [-0.39, 0.29) is 11.9 Å². The van der Waals surface area contributed by atoms with E-state index < -0.39 is 0 Å². The van der Waals surface area contributed by atoms with Gasteiger partial charge in [-0.15, -0.1) is 0 Å². The van der Waals surface area contributed by atoms with Gasteiger partial charge in [-0.1, -0.05) is 13.8 Å². The maximum Gasteiger partial charge on any atom is 0.187 e. The van der Waals surface area contributed by atoms with Crippen molar-refractivity contribution in [1.29, 1.82) is 0 Å². The molecule has 0 saturated carbocycles. The number of ether oxygens (including phenoxy) is 1. The summed E-state index contributed by atoms with van der Waals surface area (Å²) in [6.07, 6.45) is 3.10. The second-order valence-electron chi connectivity index (χ2n) is 4.94. The van der Waals surface area contributed by atoms with Crippen molar-refractivity contribution >= 4 is 5.82 Å². The molecule has 1 fully saturated rings. The molecule has 1 unspecified atom stereocenters. The Morgan fingerprint density at radius 2 is 2.30 bits per heavy atom. The summed E-state index contributed by atoms with van der Waals surface area (Å²) in [6.45, 7) is 7.62. The van der Waals surface area contributed by atoms with Crippen molar-refractivity contribution in [2.24, 2.45) is 0 Å². The highest BCUT2D eigenvalue weighted by molar-refractivity contribution is 5.43. The number of aryl methyl sites for hydroxylation is 1. The van der Waals surface area contributed by atoms with Crippen LogP contribution in [0.5, 0.6) is 0 Å². The van der Waals surface area contributed by atoms with E-state index in [9.17, 15) is 4.39 Å². The Balaban J connectivity index is 2.14. The third-order valence-electron chi connectivity index (χ3n) is 3.48. The zero-order chi connectivity index (χ0) is 14.4. The van der Waals surface area contributed by atoms with Crippen LogP contribution < -0.4 is 10.2 Å². The largest absolute Gasteiger partial charge is 0.377 e. The molecule has 1 atom stereocenters. The third-order valence-corrected chi connectivity index (χ3v) is 3.48. The van der Waals surface area contributed by atoms with E-state index in [1.54, 1.807) is 0 Å². The molecule has 0 aromatic carbocycles. The molecule has 2 rings (SSSR count). The summed E-state index contributed by atoms with van der Waals surface area (Å²) in [7, 11) is 0. The first-order chi connectivity index (χ1) is 9.77. The number of aromatic nitrogens is 2. The second-order valence-corrected chi connectivity index (χ2v) is 4.94. The predicted octanol–water partition coefficient (Wildman–Crippen LogP) is 1.38. The van der Waals surface area contributed by atoms with Gasteiger partial charge in [-0.25, -0.2) is 14.4 Å². The van der Waals surface area contributed by atoms with Gasteiger partial charge in [0.1, 0.15) is 6.33 Å². The van der Waals surface area contributed by atoms with Crippen molar-refractivity contribution < 1.29 is 9.13 Å². The Hall–Kier alpha value is -1.27. The lowest BCUT2D eigenvalue weighted by Crippen LogP contribution is -2.51. The summed E-state index contributed by atoms with van der Waals surface area (Å²) < 4.78 is 19.9. The van der Waals surface area contributed by atoms with Crippen LogP contribution >= 0.6 is 0 Å². The maximum absolute atomic E-state index is 14.4. The SMILES string of the molecule is CCCNCC1COCCN1c1ncnc(CC)c1F. The molecule has 20 heavy (non-hydrogen) atoms. The van der Waals surface area contributed by atoms with E-state index in [4.69, 9.17) is 4.74 Å². The Bertz CT molecular complexity index is 430.